The summed E-state index contributed by atoms with van der Waals surface area (Å²) in [5.74, 6) is 0.400. The van der Waals surface area contributed by atoms with Crippen LogP contribution in [0.5, 0.6) is 0 Å². The first kappa shape index (κ1) is 16.0. The molecule has 0 saturated heterocycles. The van der Waals surface area contributed by atoms with Crippen LogP contribution >= 0.6 is 0 Å². The van der Waals surface area contributed by atoms with Gasteiger partial charge in [0.05, 0.1) is 12.7 Å². The second-order valence-electron chi connectivity index (χ2n) is 6.41. The van der Waals surface area contributed by atoms with Gasteiger partial charge >= 0.3 is 5.97 Å². The van der Waals surface area contributed by atoms with E-state index in [0.29, 0.717) is 17.5 Å². The number of ether oxygens (including phenoxy) is 1. The molecule has 0 N–H and O–H groups in total. The molecule has 1 fully saturated rings. The van der Waals surface area contributed by atoms with Crippen molar-refractivity contribution in [2.75, 3.05) is 13.7 Å². The Balaban J connectivity index is 2.17. The van der Waals surface area contributed by atoms with Gasteiger partial charge in [0.2, 0.25) is 0 Å². The number of carbonyl (C=O) groups is 1. The van der Waals surface area contributed by atoms with Crippen molar-refractivity contribution in [2.24, 2.45) is 5.92 Å². The lowest BCUT2D eigenvalue weighted by molar-refractivity contribution is 0.0597. The Morgan fingerprint density at radius 3 is 2.57 bits per heavy atom. The van der Waals surface area contributed by atoms with Gasteiger partial charge < -0.3 is 4.74 Å². The van der Waals surface area contributed by atoms with Gasteiger partial charge in [-0.3, -0.25) is 4.90 Å². The Labute approximate surface area is 128 Å². The van der Waals surface area contributed by atoms with E-state index >= 15 is 0 Å². The molecule has 1 saturated carbocycles. The zero-order valence-electron chi connectivity index (χ0n) is 13.5. The summed E-state index contributed by atoms with van der Waals surface area (Å²) in [4.78, 5) is 14.5. The summed E-state index contributed by atoms with van der Waals surface area (Å²) in [5.41, 5.74) is 1.78. The smallest absolute Gasteiger partial charge is 0.338 e. The SMILES string of the molecule is COC(=O)c1ccccc1CN(CC(C)C)C1CCCC1. The lowest BCUT2D eigenvalue weighted by Gasteiger charge is -2.31. The van der Waals surface area contributed by atoms with Crippen molar-refractivity contribution in [2.45, 2.75) is 52.1 Å². The van der Waals surface area contributed by atoms with Gasteiger partial charge in [-0.25, -0.2) is 4.79 Å². The molecule has 1 aliphatic carbocycles. The van der Waals surface area contributed by atoms with Crippen LogP contribution in [0.2, 0.25) is 0 Å². The van der Waals surface area contributed by atoms with Gasteiger partial charge in [0, 0.05) is 19.1 Å². The summed E-state index contributed by atoms with van der Waals surface area (Å²) in [6.07, 6.45) is 5.23. The number of benzene rings is 1. The third-order valence-electron chi connectivity index (χ3n) is 4.24. The molecule has 0 unspecified atom stereocenters. The summed E-state index contributed by atoms with van der Waals surface area (Å²) in [7, 11) is 1.45. The number of hydrogen-bond acceptors (Lipinski definition) is 3. The number of carbonyl (C=O) groups excluding carboxylic acids is 1. The molecule has 1 aromatic carbocycles. The maximum absolute atomic E-state index is 11.9. The van der Waals surface area contributed by atoms with Crippen molar-refractivity contribution >= 4 is 5.97 Å². The highest BCUT2D eigenvalue weighted by atomic mass is 16.5. The Bertz CT molecular complexity index is 464. The largest absolute Gasteiger partial charge is 0.465 e. The predicted molar refractivity (Wildman–Crippen MR) is 85.3 cm³/mol. The quantitative estimate of drug-likeness (QED) is 0.744. The van der Waals surface area contributed by atoms with Gasteiger partial charge in [0.1, 0.15) is 0 Å². The Morgan fingerprint density at radius 1 is 1.29 bits per heavy atom. The van der Waals surface area contributed by atoms with E-state index in [1.54, 1.807) is 0 Å². The molecule has 116 valence electrons. The molecule has 0 radical (unpaired) electrons. The van der Waals surface area contributed by atoms with Gasteiger partial charge in [-0.05, 0) is 30.4 Å². The Morgan fingerprint density at radius 2 is 1.95 bits per heavy atom. The zero-order chi connectivity index (χ0) is 15.2. The van der Waals surface area contributed by atoms with E-state index in [2.05, 4.69) is 24.8 Å². The zero-order valence-corrected chi connectivity index (χ0v) is 13.5. The lowest BCUT2D eigenvalue weighted by atomic mass is 10.0. The van der Waals surface area contributed by atoms with Crippen molar-refractivity contribution in [3.05, 3.63) is 35.4 Å². The molecule has 0 spiro atoms. The summed E-state index contributed by atoms with van der Waals surface area (Å²) in [5, 5.41) is 0. The third kappa shape index (κ3) is 4.31. The van der Waals surface area contributed by atoms with Crippen LogP contribution < -0.4 is 0 Å². The highest BCUT2D eigenvalue weighted by Crippen LogP contribution is 2.26. The first-order chi connectivity index (χ1) is 10.1. The number of esters is 1. The number of nitrogens with zero attached hydrogens (tertiary/aromatic N) is 1. The molecular weight excluding hydrogens is 262 g/mol. The number of methoxy groups -OCH3 is 1. The molecule has 3 heteroatoms. The topological polar surface area (TPSA) is 29.5 Å². The second-order valence-corrected chi connectivity index (χ2v) is 6.41. The molecule has 0 bridgehead atoms. The number of hydrogen-bond donors (Lipinski definition) is 0. The van der Waals surface area contributed by atoms with Crippen molar-refractivity contribution in [1.29, 1.82) is 0 Å². The standard InChI is InChI=1S/C18H27NO2/c1-14(2)12-19(16-9-5-6-10-16)13-15-8-4-7-11-17(15)18(20)21-3/h4,7-8,11,14,16H,5-6,9-10,12-13H2,1-3H3. The van der Waals surface area contributed by atoms with E-state index in [4.69, 9.17) is 4.74 Å². The number of rotatable bonds is 6. The van der Waals surface area contributed by atoms with Crippen LogP contribution in [0.1, 0.15) is 55.5 Å². The first-order valence-electron chi connectivity index (χ1n) is 8.02. The molecule has 3 nitrogen and oxygen atoms in total. The molecule has 0 atom stereocenters. The van der Waals surface area contributed by atoms with Crippen LogP contribution in [0.15, 0.2) is 24.3 Å². The minimum Gasteiger partial charge on any atom is -0.465 e. The minimum absolute atomic E-state index is 0.235. The molecular formula is C18H27NO2. The van der Waals surface area contributed by atoms with Gasteiger partial charge in [-0.15, -0.1) is 0 Å². The fourth-order valence-electron chi connectivity index (χ4n) is 3.27. The molecule has 1 aromatic rings. The van der Waals surface area contributed by atoms with E-state index in [0.717, 1.165) is 18.7 Å². The summed E-state index contributed by atoms with van der Waals surface area (Å²) in [6.45, 7) is 6.44. The fraction of sp³-hybridized carbons (Fsp3) is 0.611. The lowest BCUT2D eigenvalue weighted by Crippen LogP contribution is -2.36. The van der Waals surface area contributed by atoms with E-state index in [-0.39, 0.29) is 5.97 Å². The molecule has 0 heterocycles. The highest BCUT2D eigenvalue weighted by Gasteiger charge is 2.24. The summed E-state index contributed by atoms with van der Waals surface area (Å²) in [6, 6.07) is 8.48. The van der Waals surface area contributed by atoms with Gasteiger partial charge in [-0.2, -0.15) is 0 Å². The second kappa shape index (κ2) is 7.60. The maximum Gasteiger partial charge on any atom is 0.338 e. The van der Waals surface area contributed by atoms with Crippen LogP contribution in [0.25, 0.3) is 0 Å². The first-order valence-corrected chi connectivity index (χ1v) is 8.02. The minimum atomic E-state index is -0.235. The molecule has 2 rings (SSSR count). The third-order valence-corrected chi connectivity index (χ3v) is 4.24. The van der Waals surface area contributed by atoms with Gasteiger partial charge in [0.15, 0.2) is 0 Å². The van der Waals surface area contributed by atoms with Crippen molar-refractivity contribution < 1.29 is 9.53 Å². The maximum atomic E-state index is 11.9. The van der Waals surface area contributed by atoms with Crippen molar-refractivity contribution in [3.63, 3.8) is 0 Å². The average Bonchev–Trinajstić information content (AvgIpc) is 3.00. The summed E-state index contributed by atoms with van der Waals surface area (Å²) >= 11 is 0. The Hall–Kier alpha value is -1.35. The van der Waals surface area contributed by atoms with Crippen LogP contribution in [-0.4, -0.2) is 30.6 Å². The molecule has 0 aliphatic heterocycles. The van der Waals surface area contributed by atoms with Crippen molar-refractivity contribution in [3.8, 4) is 0 Å². The normalized spacial score (nSPS) is 15.9. The van der Waals surface area contributed by atoms with E-state index in [1.165, 1.54) is 32.8 Å². The monoisotopic (exact) mass is 289 g/mol. The van der Waals surface area contributed by atoms with E-state index in [1.807, 2.05) is 18.2 Å². The van der Waals surface area contributed by atoms with Crippen molar-refractivity contribution in [1.82, 2.24) is 4.90 Å². The van der Waals surface area contributed by atoms with Crippen LogP contribution in [-0.2, 0) is 11.3 Å². The van der Waals surface area contributed by atoms with Crippen LogP contribution in [0.3, 0.4) is 0 Å². The van der Waals surface area contributed by atoms with Crippen LogP contribution in [0, 0.1) is 5.92 Å². The molecule has 0 amide bonds. The summed E-state index contributed by atoms with van der Waals surface area (Å²) < 4.78 is 4.91. The Kier molecular flexibility index (Phi) is 5.80. The van der Waals surface area contributed by atoms with E-state index in [9.17, 15) is 4.79 Å². The van der Waals surface area contributed by atoms with Crippen LogP contribution in [0.4, 0.5) is 0 Å². The predicted octanol–water partition coefficient (Wildman–Crippen LogP) is 3.87. The highest BCUT2D eigenvalue weighted by molar-refractivity contribution is 5.90. The average molecular weight is 289 g/mol. The van der Waals surface area contributed by atoms with E-state index < -0.39 is 0 Å². The fourth-order valence-corrected chi connectivity index (χ4v) is 3.27. The molecule has 21 heavy (non-hydrogen) atoms. The van der Waals surface area contributed by atoms with Gasteiger partial charge in [-0.1, -0.05) is 44.9 Å². The van der Waals surface area contributed by atoms with Gasteiger partial charge in [0.25, 0.3) is 0 Å². The molecule has 0 aromatic heterocycles. The molecule has 1 aliphatic rings.